The van der Waals surface area contributed by atoms with Crippen LogP contribution in [0.2, 0.25) is 5.02 Å². The Hall–Kier alpha value is -1.86. The van der Waals surface area contributed by atoms with Crippen molar-refractivity contribution in [3.05, 3.63) is 51.2 Å². The molecule has 0 saturated heterocycles. The molecule has 0 saturated carbocycles. The van der Waals surface area contributed by atoms with E-state index in [4.69, 9.17) is 11.6 Å². The quantitative estimate of drug-likeness (QED) is 0.686. The first-order chi connectivity index (χ1) is 11.3. The average Bonchev–Trinajstić information content (AvgIpc) is 3.02. The Morgan fingerprint density at radius 1 is 1.17 bits per heavy atom. The number of rotatable bonds is 6. The lowest BCUT2D eigenvalue weighted by Crippen LogP contribution is -2.13. The van der Waals surface area contributed by atoms with Crippen LogP contribution in [0.3, 0.4) is 0 Å². The molecule has 128 valence electrons. The zero-order valence-electron chi connectivity index (χ0n) is 12.3. The van der Waals surface area contributed by atoms with Gasteiger partial charge in [-0.05, 0) is 36.1 Å². The van der Waals surface area contributed by atoms with E-state index in [-0.39, 0.29) is 29.3 Å². The van der Waals surface area contributed by atoms with Gasteiger partial charge in [0, 0.05) is 12.8 Å². The van der Waals surface area contributed by atoms with Gasteiger partial charge in [-0.3, -0.25) is 9.59 Å². The summed E-state index contributed by atoms with van der Waals surface area (Å²) >= 11 is 7.13. The standard InChI is InChI=1S/C16H13ClF3NO2S/c17-11-7-6-10(16(18,19)20)9-12(11)21-15(23)5-1-3-13(22)14-4-2-8-24-14/h2,4,6-9H,1,3,5H2,(H,21,23). The van der Waals surface area contributed by atoms with Gasteiger partial charge in [0.1, 0.15) is 0 Å². The fourth-order valence-electron chi connectivity index (χ4n) is 1.98. The molecule has 8 heteroatoms. The van der Waals surface area contributed by atoms with Crippen molar-refractivity contribution >= 4 is 40.3 Å². The Morgan fingerprint density at radius 2 is 1.92 bits per heavy atom. The zero-order valence-corrected chi connectivity index (χ0v) is 13.9. The number of hydrogen-bond donors (Lipinski definition) is 1. The second-order valence-electron chi connectivity index (χ2n) is 4.99. The fourth-order valence-corrected chi connectivity index (χ4v) is 2.84. The van der Waals surface area contributed by atoms with Crippen molar-refractivity contribution in [3.8, 4) is 0 Å². The number of hydrogen-bond acceptors (Lipinski definition) is 3. The summed E-state index contributed by atoms with van der Waals surface area (Å²) in [5.74, 6) is -0.551. The molecule has 0 bridgehead atoms. The van der Waals surface area contributed by atoms with E-state index >= 15 is 0 Å². The van der Waals surface area contributed by atoms with Crippen LogP contribution in [0.1, 0.15) is 34.5 Å². The van der Waals surface area contributed by atoms with Crippen LogP contribution < -0.4 is 5.32 Å². The number of alkyl halides is 3. The maximum atomic E-state index is 12.7. The van der Waals surface area contributed by atoms with Crippen molar-refractivity contribution in [2.24, 2.45) is 0 Å². The third-order valence-electron chi connectivity index (χ3n) is 3.17. The number of halogens is 4. The van der Waals surface area contributed by atoms with Crippen LogP contribution in [-0.2, 0) is 11.0 Å². The molecule has 1 aromatic heterocycles. The van der Waals surface area contributed by atoms with Gasteiger partial charge in [-0.15, -0.1) is 11.3 Å². The first-order valence-electron chi connectivity index (χ1n) is 7.00. The molecule has 1 amide bonds. The molecule has 0 radical (unpaired) electrons. The van der Waals surface area contributed by atoms with Crippen LogP contribution in [-0.4, -0.2) is 11.7 Å². The Kier molecular flexibility index (Phi) is 6.01. The van der Waals surface area contributed by atoms with Crippen LogP contribution >= 0.6 is 22.9 Å². The minimum atomic E-state index is -4.52. The van der Waals surface area contributed by atoms with Crippen LogP contribution in [0.4, 0.5) is 18.9 Å². The van der Waals surface area contributed by atoms with Crippen molar-refractivity contribution in [2.45, 2.75) is 25.4 Å². The Morgan fingerprint density at radius 3 is 2.54 bits per heavy atom. The van der Waals surface area contributed by atoms with Gasteiger partial charge in [0.15, 0.2) is 5.78 Å². The Balaban J connectivity index is 1.89. The number of anilines is 1. The number of amides is 1. The predicted molar refractivity (Wildman–Crippen MR) is 87.6 cm³/mol. The van der Waals surface area contributed by atoms with Crippen molar-refractivity contribution < 1.29 is 22.8 Å². The van der Waals surface area contributed by atoms with Gasteiger partial charge in [-0.2, -0.15) is 13.2 Å². The average molecular weight is 376 g/mol. The number of carbonyl (C=O) groups is 2. The predicted octanol–water partition coefficient (Wildman–Crippen LogP) is 5.41. The largest absolute Gasteiger partial charge is 0.416 e. The molecule has 24 heavy (non-hydrogen) atoms. The normalized spacial score (nSPS) is 11.3. The van der Waals surface area contributed by atoms with E-state index in [1.165, 1.54) is 11.3 Å². The minimum absolute atomic E-state index is 0.0175. The SMILES string of the molecule is O=C(CCCC(=O)c1cccs1)Nc1cc(C(F)(F)F)ccc1Cl. The van der Waals surface area contributed by atoms with Crippen LogP contribution in [0, 0.1) is 0 Å². The number of carbonyl (C=O) groups excluding carboxylic acids is 2. The van der Waals surface area contributed by atoms with Crippen molar-refractivity contribution in [1.82, 2.24) is 0 Å². The maximum Gasteiger partial charge on any atom is 0.416 e. The van der Waals surface area contributed by atoms with E-state index in [2.05, 4.69) is 5.32 Å². The Bertz CT molecular complexity index is 729. The molecule has 0 aliphatic heterocycles. The summed E-state index contributed by atoms with van der Waals surface area (Å²) in [7, 11) is 0. The van der Waals surface area contributed by atoms with Crippen LogP contribution in [0.5, 0.6) is 0 Å². The number of nitrogens with one attached hydrogen (secondary N) is 1. The summed E-state index contributed by atoms with van der Waals surface area (Å²) in [6, 6.07) is 6.19. The van der Waals surface area contributed by atoms with Crippen LogP contribution in [0.15, 0.2) is 35.7 Å². The number of thiophene rings is 1. The topological polar surface area (TPSA) is 46.2 Å². The molecule has 0 unspecified atom stereocenters. The first-order valence-corrected chi connectivity index (χ1v) is 8.26. The lowest BCUT2D eigenvalue weighted by molar-refractivity contribution is -0.137. The lowest BCUT2D eigenvalue weighted by atomic mass is 10.1. The summed E-state index contributed by atoms with van der Waals surface area (Å²) in [4.78, 5) is 24.2. The highest BCUT2D eigenvalue weighted by atomic mass is 35.5. The summed E-state index contributed by atoms with van der Waals surface area (Å²) in [6.45, 7) is 0. The van der Waals surface area contributed by atoms with Gasteiger partial charge >= 0.3 is 6.18 Å². The third-order valence-corrected chi connectivity index (χ3v) is 4.41. The molecular weight excluding hydrogens is 363 g/mol. The molecule has 2 rings (SSSR count). The molecule has 0 atom stereocenters. The number of Topliss-reactive ketones (excluding diaryl/α,β-unsaturated/α-hetero) is 1. The Labute approximate surface area is 145 Å². The van der Waals surface area contributed by atoms with Gasteiger partial charge in [-0.1, -0.05) is 17.7 Å². The molecule has 0 fully saturated rings. The summed E-state index contributed by atoms with van der Waals surface area (Å²) in [5, 5.41) is 4.16. The minimum Gasteiger partial charge on any atom is -0.325 e. The van der Waals surface area contributed by atoms with E-state index in [0.29, 0.717) is 11.3 Å². The lowest BCUT2D eigenvalue weighted by Gasteiger charge is -2.11. The van der Waals surface area contributed by atoms with Gasteiger partial charge in [0.25, 0.3) is 0 Å². The van der Waals surface area contributed by atoms with E-state index in [0.717, 1.165) is 18.2 Å². The molecule has 3 nitrogen and oxygen atoms in total. The molecule has 1 N–H and O–H groups in total. The van der Waals surface area contributed by atoms with E-state index in [1.807, 2.05) is 0 Å². The molecular formula is C16H13ClF3NO2S. The van der Waals surface area contributed by atoms with Crippen molar-refractivity contribution in [2.75, 3.05) is 5.32 Å². The smallest absolute Gasteiger partial charge is 0.325 e. The molecule has 1 aromatic carbocycles. The molecule has 0 aliphatic carbocycles. The highest BCUT2D eigenvalue weighted by Gasteiger charge is 2.31. The van der Waals surface area contributed by atoms with Gasteiger partial charge in [0.2, 0.25) is 5.91 Å². The summed E-state index contributed by atoms with van der Waals surface area (Å²) in [5.41, 5.74) is -0.990. The molecule has 1 heterocycles. The van der Waals surface area contributed by atoms with Crippen molar-refractivity contribution in [1.29, 1.82) is 0 Å². The zero-order chi connectivity index (χ0) is 17.7. The van der Waals surface area contributed by atoms with E-state index in [9.17, 15) is 22.8 Å². The van der Waals surface area contributed by atoms with Crippen molar-refractivity contribution in [3.63, 3.8) is 0 Å². The van der Waals surface area contributed by atoms with E-state index < -0.39 is 17.6 Å². The van der Waals surface area contributed by atoms with E-state index in [1.54, 1.807) is 17.5 Å². The van der Waals surface area contributed by atoms with Gasteiger partial charge in [0.05, 0.1) is 21.2 Å². The van der Waals surface area contributed by atoms with Gasteiger partial charge < -0.3 is 5.32 Å². The monoisotopic (exact) mass is 375 g/mol. The second kappa shape index (κ2) is 7.81. The first kappa shape index (κ1) is 18.5. The third kappa shape index (κ3) is 5.07. The van der Waals surface area contributed by atoms with Crippen LogP contribution in [0.25, 0.3) is 0 Å². The number of benzene rings is 1. The number of ketones is 1. The summed E-state index contributed by atoms with van der Waals surface area (Å²) < 4.78 is 38.0. The molecule has 0 spiro atoms. The highest BCUT2D eigenvalue weighted by Crippen LogP contribution is 2.33. The second-order valence-corrected chi connectivity index (χ2v) is 6.35. The maximum absolute atomic E-state index is 12.7. The molecule has 0 aliphatic rings. The highest BCUT2D eigenvalue weighted by molar-refractivity contribution is 7.12. The van der Waals surface area contributed by atoms with Gasteiger partial charge in [-0.25, -0.2) is 0 Å². The molecule has 2 aromatic rings. The fraction of sp³-hybridized carbons (Fsp3) is 0.250. The summed E-state index contributed by atoms with van der Waals surface area (Å²) in [6.07, 6.45) is -4.00.